The molecular formula is C52H33NS2. The summed E-state index contributed by atoms with van der Waals surface area (Å²) in [6.45, 7) is 0. The SMILES string of the molecule is c1ccc(N(c2ccc(-c3ccc4ccccc4c3)cc2)c2ccccc2-c2cccc3c2sc2ccccc23)c(-c2cccc3c2sc2ccccc23)c1. The van der Waals surface area contributed by atoms with E-state index in [2.05, 4.69) is 205 Å². The predicted molar refractivity (Wildman–Crippen MR) is 241 cm³/mol. The summed E-state index contributed by atoms with van der Waals surface area (Å²) in [5.41, 5.74) is 10.7. The van der Waals surface area contributed by atoms with Crippen LogP contribution in [0.5, 0.6) is 0 Å². The molecule has 0 saturated heterocycles. The van der Waals surface area contributed by atoms with E-state index in [0.717, 1.165) is 17.1 Å². The Labute approximate surface area is 327 Å². The number of benzene rings is 9. The van der Waals surface area contributed by atoms with Crippen LogP contribution in [0.3, 0.4) is 0 Å². The summed E-state index contributed by atoms with van der Waals surface area (Å²) in [4.78, 5) is 2.48. The molecule has 0 bridgehead atoms. The Morgan fingerprint density at radius 3 is 1.36 bits per heavy atom. The number of rotatable bonds is 6. The van der Waals surface area contributed by atoms with Crippen LogP contribution in [0.2, 0.25) is 0 Å². The molecular weight excluding hydrogens is 703 g/mol. The molecule has 0 radical (unpaired) electrons. The van der Waals surface area contributed by atoms with Crippen molar-refractivity contribution in [2.45, 2.75) is 0 Å². The van der Waals surface area contributed by atoms with Crippen LogP contribution in [-0.2, 0) is 0 Å². The fourth-order valence-electron chi connectivity index (χ4n) is 8.29. The van der Waals surface area contributed by atoms with Gasteiger partial charge < -0.3 is 4.90 Å². The van der Waals surface area contributed by atoms with E-state index in [1.165, 1.54) is 84.5 Å². The summed E-state index contributed by atoms with van der Waals surface area (Å²) in [5.74, 6) is 0. The van der Waals surface area contributed by atoms with Crippen molar-refractivity contribution in [3.63, 3.8) is 0 Å². The topological polar surface area (TPSA) is 3.24 Å². The van der Waals surface area contributed by atoms with Gasteiger partial charge in [-0.3, -0.25) is 0 Å². The molecule has 0 aliphatic rings. The molecule has 0 saturated carbocycles. The molecule has 55 heavy (non-hydrogen) atoms. The van der Waals surface area contributed by atoms with E-state index in [9.17, 15) is 0 Å². The van der Waals surface area contributed by atoms with Crippen molar-refractivity contribution in [3.05, 3.63) is 200 Å². The standard InChI is InChI=1S/C52H33NS2/c1-2-14-36-33-37(28-27-34(36)13-1)35-29-31-38(32-30-35)53(47-23-7-3-15-39(47)43-19-11-21-45-41-17-5-9-25-49(41)54-51(43)45)48-24-8-4-16-40(48)44-20-12-22-46-42-18-6-10-26-50(42)55-52(44)46/h1-33H. The number of nitrogens with zero attached hydrogens (tertiary/aromatic N) is 1. The summed E-state index contributed by atoms with van der Waals surface area (Å²) in [6.07, 6.45) is 0. The zero-order valence-electron chi connectivity index (χ0n) is 29.8. The highest BCUT2D eigenvalue weighted by Crippen LogP contribution is 2.49. The van der Waals surface area contributed by atoms with Crippen LogP contribution in [-0.4, -0.2) is 0 Å². The van der Waals surface area contributed by atoms with Gasteiger partial charge in [-0.1, -0.05) is 158 Å². The van der Waals surface area contributed by atoms with Gasteiger partial charge >= 0.3 is 0 Å². The monoisotopic (exact) mass is 735 g/mol. The lowest BCUT2D eigenvalue weighted by Crippen LogP contribution is -2.12. The number of para-hydroxylation sites is 2. The van der Waals surface area contributed by atoms with Crippen molar-refractivity contribution in [2.75, 3.05) is 4.90 Å². The van der Waals surface area contributed by atoms with Crippen LogP contribution in [0.4, 0.5) is 17.1 Å². The molecule has 0 aliphatic heterocycles. The minimum absolute atomic E-state index is 1.11. The van der Waals surface area contributed by atoms with E-state index in [-0.39, 0.29) is 0 Å². The van der Waals surface area contributed by atoms with Crippen LogP contribution in [0.15, 0.2) is 200 Å². The fraction of sp³-hybridized carbons (Fsp3) is 0. The molecule has 0 aliphatic carbocycles. The lowest BCUT2D eigenvalue weighted by atomic mass is 9.96. The van der Waals surface area contributed by atoms with Gasteiger partial charge in [0.2, 0.25) is 0 Å². The quantitative estimate of drug-likeness (QED) is 0.164. The Hall–Kier alpha value is -6.52. The predicted octanol–water partition coefficient (Wildman–Crippen LogP) is 16.0. The normalized spacial score (nSPS) is 11.6. The number of fused-ring (bicyclic) bond motifs is 7. The molecule has 0 atom stereocenters. The average Bonchev–Trinajstić information content (AvgIpc) is 3.83. The molecule has 2 heterocycles. The minimum atomic E-state index is 1.11. The maximum atomic E-state index is 2.48. The third-order valence-corrected chi connectivity index (χ3v) is 13.3. The largest absolute Gasteiger partial charge is 0.309 e. The minimum Gasteiger partial charge on any atom is -0.309 e. The van der Waals surface area contributed by atoms with Gasteiger partial charge in [-0.15, -0.1) is 22.7 Å². The van der Waals surface area contributed by atoms with Gasteiger partial charge in [0.15, 0.2) is 0 Å². The molecule has 0 unspecified atom stereocenters. The molecule has 2 aromatic heterocycles. The van der Waals surface area contributed by atoms with Crippen molar-refractivity contribution in [1.29, 1.82) is 0 Å². The van der Waals surface area contributed by atoms with Crippen molar-refractivity contribution < 1.29 is 0 Å². The molecule has 0 N–H and O–H groups in total. The van der Waals surface area contributed by atoms with Crippen LogP contribution >= 0.6 is 22.7 Å². The van der Waals surface area contributed by atoms with Crippen LogP contribution in [0.1, 0.15) is 0 Å². The maximum Gasteiger partial charge on any atom is 0.0540 e. The maximum absolute atomic E-state index is 2.48. The van der Waals surface area contributed by atoms with Crippen molar-refractivity contribution in [2.24, 2.45) is 0 Å². The number of hydrogen-bond acceptors (Lipinski definition) is 3. The van der Waals surface area contributed by atoms with E-state index in [1.807, 2.05) is 22.7 Å². The Morgan fingerprint density at radius 1 is 0.309 bits per heavy atom. The van der Waals surface area contributed by atoms with Gasteiger partial charge in [0.1, 0.15) is 0 Å². The van der Waals surface area contributed by atoms with Gasteiger partial charge in [0.25, 0.3) is 0 Å². The third kappa shape index (κ3) is 5.35. The molecule has 11 aromatic rings. The lowest BCUT2D eigenvalue weighted by molar-refractivity contribution is 1.29. The zero-order chi connectivity index (χ0) is 36.3. The van der Waals surface area contributed by atoms with Crippen LogP contribution < -0.4 is 4.90 Å². The summed E-state index contributed by atoms with van der Waals surface area (Å²) in [5, 5.41) is 7.73. The van der Waals surface area contributed by atoms with Crippen LogP contribution in [0, 0.1) is 0 Å². The van der Waals surface area contributed by atoms with Gasteiger partial charge in [-0.05, 0) is 64.4 Å². The van der Waals surface area contributed by atoms with Crippen molar-refractivity contribution in [1.82, 2.24) is 0 Å². The summed E-state index contributed by atoms with van der Waals surface area (Å²) in [6, 6.07) is 73.4. The van der Waals surface area contributed by atoms with Crippen LogP contribution in [0.25, 0.3) is 84.5 Å². The summed E-state index contributed by atoms with van der Waals surface area (Å²) < 4.78 is 5.24. The average molecular weight is 736 g/mol. The highest BCUT2D eigenvalue weighted by molar-refractivity contribution is 7.26. The van der Waals surface area contributed by atoms with Gasteiger partial charge in [-0.2, -0.15) is 0 Å². The smallest absolute Gasteiger partial charge is 0.0540 e. The van der Waals surface area contributed by atoms with E-state index >= 15 is 0 Å². The van der Waals surface area contributed by atoms with Crippen molar-refractivity contribution in [3.8, 4) is 33.4 Å². The Morgan fingerprint density at radius 2 is 0.764 bits per heavy atom. The summed E-state index contributed by atoms with van der Waals surface area (Å²) >= 11 is 3.76. The summed E-state index contributed by atoms with van der Waals surface area (Å²) in [7, 11) is 0. The van der Waals surface area contributed by atoms with E-state index in [4.69, 9.17) is 0 Å². The number of hydrogen-bond donors (Lipinski definition) is 0. The van der Waals surface area contributed by atoms with E-state index in [0.29, 0.717) is 0 Å². The third-order valence-electron chi connectivity index (χ3n) is 10.9. The second-order valence-corrected chi connectivity index (χ2v) is 16.1. The molecule has 258 valence electrons. The molecule has 1 nitrogen and oxygen atoms in total. The van der Waals surface area contributed by atoms with Gasteiger partial charge in [0, 0.05) is 68.3 Å². The molecule has 0 fully saturated rings. The highest BCUT2D eigenvalue weighted by Gasteiger charge is 2.23. The molecule has 0 spiro atoms. The first-order chi connectivity index (χ1) is 27.3. The first-order valence-corrected chi connectivity index (χ1v) is 20.3. The molecule has 9 aromatic carbocycles. The highest BCUT2D eigenvalue weighted by atomic mass is 32.1. The Kier molecular flexibility index (Phi) is 7.61. The van der Waals surface area contributed by atoms with Crippen molar-refractivity contribution >= 4 is 90.9 Å². The fourth-order valence-corrected chi connectivity index (χ4v) is 10.8. The molecule has 11 rings (SSSR count). The van der Waals surface area contributed by atoms with E-state index in [1.54, 1.807) is 0 Å². The van der Waals surface area contributed by atoms with E-state index < -0.39 is 0 Å². The van der Waals surface area contributed by atoms with Gasteiger partial charge in [0.05, 0.1) is 11.4 Å². The number of thiophene rings is 2. The Bertz CT molecular complexity index is 3060. The molecule has 3 heteroatoms. The molecule has 0 amide bonds. The number of anilines is 3. The Balaban J connectivity index is 1.14. The second-order valence-electron chi connectivity index (χ2n) is 14.0. The lowest BCUT2D eigenvalue weighted by Gasteiger charge is -2.30. The first kappa shape index (κ1) is 32.0. The second kappa shape index (κ2) is 13.1. The zero-order valence-corrected chi connectivity index (χ0v) is 31.4. The van der Waals surface area contributed by atoms with Gasteiger partial charge in [-0.25, -0.2) is 0 Å². The first-order valence-electron chi connectivity index (χ1n) is 18.7.